The highest BCUT2D eigenvalue weighted by Gasteiger charge is 2.51. The first kappa shape index (κ1) is 20.6. The molecule has 6 rings (SSSR count). The average molecular weight is 449 g/mol. The first-order chi connectivity index (χ1) is 14.4. The van der Waals surface area contributed by atoms with Crippen molar-refractivity contribution in [3.8, 4) is 0 Å². The highest BCUT2D eigenvalue weighted by atomic mass is 35.5. The monoisotopic (exact) mass is 448 g/mol. The standard InChI is InChI=1S/C24H30Cl2N2O2/c25-18-1-2-20(21(26)10-18)23(30)28-5-3-19(4-6-28)27-22(29)14-24-11-15-7-16(12-24)9-17(8-15)13-24/h1-2,10,15-17,19H,3-9,11-14H2,(H,27,29). The Hall–Kier alpha value is -1.26. The molecular weight excluding hydrogens is 419 g/mol. The minimum atomic E-state index is -0.0602. The van der Waals surface area contributed by atoms with Gasteiger partial charge in [0, 0.05) is 30.6 Å². The molecule has 1 aliphatic heterocycles. The fourth-order valence-electron chi connectivity index (χ4n) is 7.19. The highest BCUT2D eigenvalue weighted by Crippen LogP contribution is 2.61. The maximum atomic E-state index is 12.9. The number of hydrogen-bond acceptors (Lipinski definition) is 2. The van der Waals surface area contributed by atoms with Crippen molar-refractivity contribution in [2.45, 2.75) is 63.8 Å². The van der Waals surface area contributed by atoms with Gasteiger partial charge in [-0.3, -0.25) is 9.59 Å². The van der Waals surface area contributed by atoms with Crippen LogP contribution >= 0.6 is 23.2 Å². The number of rotatable bonds is 4. The van der Waals surface area contributed by atoms with Crippen molar-refractivity contribution < 1.29 is 9.59 Å². The molecule has 6 heteroatoms. The molecule has 1 N–H and O–H groups in total. The predicted molar refractivity (Wildman–Crippen MR) is 119 cm³/mol. The van der Waals surface area contributed by atoms with Crippen LogP contribution in [0.25, 0.3) is 0 Å². The number of amides is 2. The zero-order valence-electron chi connectivity index (χ0n) is 17.3. The van der Waals surface area contributed by atoms with Crippen molar-refractivity contribution >= 4 is 35.0 Å². The van der Waals surface area contributed by atoms with E-state index >= 15 is 0 Å². The molecule has 4 saturated carbocycles. The molecule has 1 heterocycles. The molecule has 4 aliphatic carbocycles. The third-order valence-electron chi connectivity index (χ3n) is 8.01. The van der Waals surface area contributed by atoms with Crippen LogP contribution in [-0.2, 0) is 4.79 Å². The van der Waals surface area contributed by atoms with Crippen molar-refractivity contribution in [1.82, 2.24) is 10.2 Å². The molecule has 2 amide bonds. The molecular formula is C24H30Cl2N2O2. The van der Waals surface area contributed by atoms with Gasteiger partial charge in [-0.15, -0.1) is 0 Å². The molecule has 30 heavy (non-hydrogen) atoms. The lowest BCUT2D eigenvalue weighted by Crippen LogP contribution is -2.50. The minimum absolute atomic E-state index is 0.0602. The van der Waals surface area contributed by atoms with Crippen molar-refractivity contribution in [2.75, 3.05) is 13.1 Å². The van der Waals surface area contributed by atoms with E-state index in [1.807, 2.05) is 4.90 Å². The van der Waals surface area contributed by atoms with E-state index in [9.17, 15) is 9.59 Å². The third kappa shape index (κ3) is 4.10. The van der Waals surface area contributed by atoms with Crippen molar-refractivity contribution in [3.05, 3.63) is 33.8 Å². The molecule has 5 aliphatic rings. The summed E-state index contributed by atoms with van der Waals surface area (Å²) in [4.78, 5) is 27.5. The van der Waals surface area contributed by atoms with Gasteiger partial charge in [0.2, 0.25) is 5.91 Å². The second kappa shape index (κ2) is 8.02. The number of piperidine rings is 1. The van der Waals surface area contributed by atoms with Crippen molar-refractivity contribution in [1.29, 1.82) is 0 Å². The number of carbonyl (C=O) groups excluding carboxylic acids is 2. The number of halogens is 2. The topological polar surface area (TPSA) is 49.4 Å². The van der Waals surface area contributed by atoms with E-state index in [0.29, 0.717) is 35.1 Å². The first-order valence-corrected chi connectivity index (χ1v) is 12.2. The smallest absolute Gasteiger partial charge is 0.255 e. The molecule has 0 spiro atoms. The Morgan fingerprint density at radius 1 is 1.00 bits per heavy atom. The van der Waals surface area contributed by atoms with E-state index < -0.39 is 0 Å². The van der Waals surface area contributed by atoms with Crippen LogP contribution in [0.2, 0.25) is 10.0 Å². The Balaban J connectivity index is 1.13. The Morgan fingerprint density at radius 3 is 2.17 bits per heavy atom. The summed E-state index contributed by atoms with van der Waals surface area (Å²) in [6, 6.07) is 5.15. The SMILES string of the molecule is O=C(CC12CC3CC(CC(C3)C1)C2)NC1CCN(C(=O)c2ccc(Cl)cc2Cl)CC1. The van der Waals surface area contributed by atoms with E-state index in [1.165, 1.54) is 38.5 Å². The second-order valence-corrected chi connectivity index (χ2v) is 11.2. The molecule has 4 bridgehead atoms. The molecule has 0 radical (unpaired) electrons. The normalized spacial score (nSPS) is 33.0. The van der Waals surface area contributed by atoms with E-state index in [0.717, 1.165) is 30.6 Å². The predicted octanol–water partition coefficient (Wildman–Crippen LogP) is 5.32. The average Bonchev–Trinajstić information content (AvgIpc) is 2.66. The van der Waals surface area contributed by atoms with Crippen LogP contribution < -0.4 is 5.32 Å². The summed E-state index contributed by atoms with van der Waals surface area (Å²) < 4.78 is 0. The molecule has 5 fully saturated rings. The molecule has 0 atom stereocenters. The second-order valence-electron chi connectivity index (χ2n) is 10.4. The van der Waals surface area contributed by atoms with Gasteiger partial charge < -0.3 is 10.2 Å². The first-order valence-electron chi connectivity index (χ1n) is 11.4. The summed E-state index contributed by atoms with van der Waals surface area (Å²) in [6.07, 6.45) is 10.3. The number of hydrogen-bond donors (Lipinski definition) is 1. The fourth-order valence-corrected chi connectivity index (χ4v) is 7.68. The van der Waals surface area contributed by atoms with E-state index in [-0.39, 0.29) is 23.3 Å². The van der Waals surface area contributed by atoms with Gasteiger partial charge in [-0.2, -0.15) is 0 Å². The number of likely N-dealkylation sites (tertiary alicyclic amines) is 1. The van der Waals surface area contributed by atoms with Crippen LogP contribution in [0.1, 0.15) is 68.1 Å². The Bertz CT molecular complexity index is 812. The van der Waals surface area contributed by atoms with Crippen LogP contribution in [0, 0.1) is 23.2 Å². The van der Waals surface area contributed by atoms with E-state index in [2.05, 4.69) is 5.32 Å². The lowest BCUT2D eigenvalue weighted by atomic mass is 9.49. The van der Waals surface area contributed by atoms with Crippen LogP contribution in [0.4, 0.5) is 0 Å². The van der Waals surface area contributed by atoms with E-state index in [4.69, 9.17) is 23.2 Å². The highest BCUT2D eigenvalue weighted by molar-refractivity contribution is 6.36. The largest absolute Gasteiger partial charge is 0.353 e. The maximum Gasteiger partial charge on any atom is 0.255 e. The maximum absolute atomic E-state index is 12.9. The summed E-state index contributed by atoms with van der Waals surface area (Å²) in [5.41, 5.74) is 0.770. The van der Waals surface area contributed by atoms with Crippen LogP contribution in [0.3, 0.4) is 0 Å². The summed E-state index contributed by atoms with van der Waals surface area (Å²) in [6.45, 7) is 1.28. The van der Waals surface area contributed by atoms with Gasteiger partial charge in [0.25, 0.3) is 5.91 Å². The molecule has 1 saturated heterocycles. The van der Waals surface area contributed by atoms with Gasteiger partial charge in [0.15, 0.2) is 0 Å². The van der Waals surface area contributed by atoms with Gasteiger partial charge in [-0.25, -0.2) is 0 Å². The summed E-state index contributed by atoms with van der Waals surface area (Å²) in [5.74, 6) is 2.78. The number of nitrogens with zero attached hydrogens (tertiary/aromatic N) is 1. The Labute approximate surface area is 188 Å². The number of nitrogens with one attached hydrogen (secondary N) is 1. The molecule has 0 unspecified atom stereocenters. The quantitative estimate of drug-likeness (QED) is 0.677. The summed E-state index contributed by atoms with van der Waals surface area (Å²) >= 11 is 12.1. The zero-order chi connectivity index (χ0) is 20.9. The zero-order valence-corrected chi connectivity index (χ0v) is 18.9. The van der Waals surface area contributed by atoms with Crippen LogP contribution in [0.5, 0.6) is 0 Å². The molecule has 0 aromatic heterocycles. The number of carbonyl (C=O) groups is 2. The summed E-state index contributed by atoms with van der Waals surface area (Å²) in [7, 11) is 0. The van der Waals surface area contributed by atoms with E-state index in [1.54, 1.807) is 18.2 Å². The molecule has 162 valence electrons. The Kier molecular flexibility index (Phi) is 5.51. The lowest BCUT2D eigenvalue weighted by molar-refractivity contribution is -0.130. The molecule has 4 nitrogen and oxygen atoms in total. The van der Waals surface area contributed by atoms with Gasteiger partial charge in [-0.05, 0) is 92.7 Å². The minimum Gasteiger partial charge on any atom is -0.353 e. The van der Waals surface area contributed by atoms with Crippen molar-refractivity contribution in [2.24, 2.45) is 23.2 Å². The van der Waals surface area contributed by atoms with Gasteiger partial charge in [0.05, 0.1) is 10.6 Å². The summed E-state index contributed by atoms with van der Waals surface area (Å²) in [5, 5.41) is 4.20. The Morgan fingerprint density at radius 2 is 1.60 bits per heavy atom. The van der Waals surface area contributed by atoms with Gasteiger partial charge >= 0.3 is 0 Å². The fraction of sp³-hybridized carbons (Fsp3) is 0.667. The van der Waals surface area contributed by atoms with Crippen molar-refractivity contribution in [3.63, 3.8) is 0 Å². The van der Waals surface area contributed by atoms with Crippen LogP contribution in [0.15, 0.2) is 18.2 Å². The van der Waals surface area contributed by atoms with Gasteiger partial charge in [-0.1, -0.05) is 23.2 Å². The molecule has 1 aromatic carbocycles. The third-order valence-corrected chi connectivity index (χ3v) is 8.56. The molecule has 1 aromatic rings. The van der Waals surface area contributed by atoms with Gasteiger partial charge in [0.1, 0.15) is 0 Å². The number of benzene rings is 1. The van der Waals surface area contributed by atoms with Crippen LogP contribution in [-0.4, -0.2) is 35.8 Å². The lowest BCUT2D eigenvalue weighted by Gasteiger charge is -2.56.